The third-order valence-electron chi connectivity index (χ3n) is 5.31. The second-order valence-electron chi connectivity index (χ2n) is 7.55. The number of benzene rings is 1. The summed E-state index contributed by atoms with van der Waals surface area (Å²) in [5.41, 5.74) is 0.930. The summed E-state index contributed by atoms with van der Waals surface area (Å²) < 4.78 is 10.5. The fourth-order valence-corrected chi connectivity index (χ4v) is 3.61. The van der Waals surface area contributed by atoms with Crippen LogP contribution in [0.5, 0.6) is 0 Å². The minimum atomic E-state index is -0.462. The average Bonchev–Trinajstić information content (AvgIpc) is 2.81. The molecule has 0 radical (unpaired) electrons. The monoisotopic (exact) mass is 418 g/mol. The van der Waals surface area contributed by atoms with Crippen LogP contribution in [0.15, 0.2) is 30.3 Å². The Morgan fingerprint density at radius 1 is 1.03 bits per heavy atom. The Morgan fingerprint density at radius 2 is 1.80 bits per heavy atom. The molecule has 2 fully saturated rings. The first-order valence-electron chi connectivity index (χ1n) is 10.4. The molecule has 9 nitrogen and oxygen atoms in total. The number of ether oxygens (including phenoxy) is 2. The van der Waals surface area contributed by atoms with E-state index in [9.17, 15) is 14.4 Å². The highest BCUT2D eigenvalue weighted by molar-refractivity contribution is 5.84. The van der Waals surface area contributed by atoms with Gasteiger partial charge in [0.15, 0.2) is 0 Å². The molecule has 0 spiro atoms. The number of nitrogens with one attached hydrogen (secondary N) is 2. The van der Waals surface area contributed by atoms with E-state index in [1.54, 1.807) is 9.80 Å². The zero-order chi connectivity index (χ0) is 21.2. The summed E-state index contributed by atoms with van der Waals surface area (Å²) in [6.45, 7) is 4.04. The van der Waals surface area contributed by atoms with Gasteiger partial charge < -0.3 is 29.9 Å². The molecular weight excluding hydrogens is 388 g/mol. The van der Waals surface area contributed by atoms with Crippen LogP contribution in [0.4, 0.5) is 9.59 Å². The van der Waals surface area contributed by atoms with E-state index in [4.69, 9.17) is 9.47 Å². The Labute approximate surface area is 176 Å². The molecule has 0 bridgehead atoms. The molecule has 0 saturated carbocycles. The van der Waals surface area contributed by atoms with E-state index >= 15 is 0 Å². The summed E-state index contributed by atoms with van der Waals surface area (Å²) in [6.07, 6.45) is 1.32. The van der Waals surface area contributed by atoms with Gasteiger partial charge in [-0.05, 0) is 24.3 Å². The molecule has 3 rings (SSSR count). The van der Waals surface area contributed by atoms with Crippen molar-refractivity contribution in [1.82, 2.24) is 20.4 Å². The number of amides is 4. The Morgan fingerprint density at radius 3 is 2.57 bits per heavy atom. The minimum absolute atomic E-state index is 0.00986. The van der Waals surface area contributed by atoms with Crippen molar-refractivity contribution >= 4 is 18.0 Å². The lowest BCUT2D eigenvalue weighted by Gasteiger charge is -2.33. The zero-order valence-corrected chi connectivity index (χ0v) is 17.2. The molecule has 1 unspecified atom stereocenters. The van der Waals surface area contributed by atoms with Crippen LogP contribution in [-0.2, 0) is 20.9 Å². The van der Waals surface area contributed by atoms with Crippen molar-refractivity contribution in [2.24, 2.45) is 5.92 Å². The van der Waals surface area contributed by atoms with Gasteiger partial charge in [0, 0.05) is 32.7 Å². The Kier molecular flexibility index (Phi) is 8.31. The van der Waals surface area contributed by atoms with Crippen LogP contribution in [0.2, 0.25) is 0 Å². The second kappa shape index (κ2) is 11.4. The molecule has 2 saturated heterocycles. The van der Waals surface area contributed by atoms with Crippen LogP contribution in [0.3, 0.4) is 0 Å². The molecule has 9 heteroatoms. The normalized spacial score (nSPS) is 19.1. The SMILES string of the molecule is O=C(NCC1CCCN(C(=O)NCC(=O)N2CCOCC2)C1)OCc1ccccc1. The Balaban J connectivity index is 1.34. The molecule has 164 valence electrons. The van der Waals surface area contributed by atoms with E-state index < -0.39 is 6.09 Å². The van der Waals surface area contributed by atoms with Crippen LogP contribution in [0, 0.1) is 5.92 Å². The fraction of sp³-hybridized carbons (Fsp3) is 0.571. The summed E-state index contributed by atoms with van der Waals surface area (Å²) in [7, 11) is 0. The van der Waals surface area contributed by atoms with E-state index in [-0.39, 0.29) is 31.0 Å². The van der Waals surface area contributed by atoms with Crippen molar-refractivity contribution < 1.29 is 23.9 Å². The smallest absolute Gasteiger partial charge is 0.407 e. The van der Waals surface area contributed by atoms with Crippen molar-refractivity contribution in [3.63, 3.8) is 0 Å². The molecule has 0 aliphatic carbocycles. The molecule has 2 heterocycles. The van der Waals surface area contributed by atoms with Gasteiger partial charge in [0.25, 0.3) is 0 Å². The third kappa shape index (κ3) is 6.91. The quantitative estimate of drug-likeness (QED) is 0.723. The van der Waals surface area contributed by atoms with Gasteiger partial charge in [-0.1, -0.05) is 30.3 Å². The number of hydrogen-bond donors (Lipinski definition) is 2. The molecule has 30 heavy (non-hydrogen) atoms. The predicted molar refractivity (Wildman–Crippen MR) is 110 cm³/mol. The predicted octanol–water partition coefficient (Wildman–Crippen LogP) is 1.19. The van der Waals surface area contributed by atoms with Crippen LogP contribution in [0.1, 0.15) is 18.4 Å². The maximum atomic E-state index is 12.4. The van der Waals surface area contributed by atoms with Gasteiger partial charge in [0.2, 0.25) is 5.91 Å². The molecule has 2 aliphatic heterocycles. The lowest BCUT2D eigenvalue weighted by molar-refractivity contribution is -0.134. The highest BCUT2D eigenvalue weighted by atomic mass is 16.5. The number of alkyl carbamates (subject to hydrolysis) is 1. The first kappa shape index (κ1) is 21.9. The first-order valence-corrected chi connectivity index (χ1v) is 10.4. The number of carbonyl (C=O) groups excluding carboxylic acids is 3. The summed E-state index contributed by atoms with van der Waals surface area (Å²) in [4.78, 5) is 39.9. The number of hydrogen-bond acceptors (Lipinski definition) is 5. The van der Waals surface area contributed by atoms with E-state index in [0.717, 1.165) is 18.4 Å². The van der Waals surface area contributed by atoms with Gasteiger partial charge in [-0.25, -0.2) is 9.59 Å². The molecule has 1 aromatic carbocycles. The van der Waals surface area contributed by atoms with Gasteiger partial charge in [-0.3, -0.25) is 4.79 Å². The van der Waals surface area contributed by atoms with E-state index in [2.05, 4.69) is 10.6 Å². The number of nitrogens with zero attached hydrogens (tertiary/aromatic N) is 2. The largest absolute Gasteiger partial charge is 0.445 e. The van der Waals surface area contributed by atoms with Gasteiger partial charge >= 0.3 is 12.1 Å². The van der Waals surface area contributed by atoms with Gasteiger partial charge in [0.05, 0.1) is 19.8 Å². The number of carbonyl (C=O) groups is 3. The molecule has 1 atom stereocenters. The number of rotatable bonds is 6. The lowest BCUT2D eigenvalue weighted by Crippen LogP contribution is -2.51. The van der Waals surface area contributed by atoms with Crippen LogP contribution >= 0.6 is 0 Å². The van der Waals surface area contributed by atoms with Crippen molar-refractivity contribution in [2.75, 3.05) is 52.5 Å². The maximum Gasteiger partial charge on any atom is 0.407 e. The topological polar surface area (TPSA) is 100 Å². The van der Waals surface area contributed by atoms with Crippen LogP contribution in [0.25, 0.3) is 0 Å². The summed E-state index contributed by atoms with van der Waals surface area (Å²) in [6, 6.07) is 9.25. The van der Waals surface area contributed by atoms with Crippen molar-refractivity contribution in [1.29, 1.82) is 0 Å². The van der Waals surface area contributed by atoms with E-state index in [1.165, 1.54) is 0 Å². The number of likely N-dealkylation sites (tertiary alicyclic amines) is 1. The first-order chi connectivity index (χ1) is 14.6. The van der Waals surface area contributed by atoms with Crippen molar-refractivity contribution in [3.05, 3.63) is 35.9 Å². The lowest BCUT2D eigenvalue weighted by atomic mass is 9.98. The van der Waals surface area contributed by atoms with E-state index in [1.807, 2.05) is 30.3 Å². The fourth-order valence-electron chi connectivity index (χ4n) is 3.61. The Bertz CT molecular complexity index is 709. The summed E-state index contributed by atoms with van der Waals surface area (Å²) in [5, 5.41) is 5.50. The molecular formula is C21H30N4O5. The molecule has 2 N–H and O–H groups in total. The van der Waals surface area contributed by atoms with E-state index in [0.29, 0.717) is 45.9 Å². The van der Waals surface area contributed by atoms with Crippen molar-refractivity contribution in [2.45, 2.75) is 19.4 Å². The Hall–Kier alpha value is -2.81. The van der Waals surface area contributed by atoms with Crippen LogP contribution < -0.4 is 10.6 Å². The van der Waals surface area contributed by atoms with Gasteiger partial charge in [-0.15, -0.1) is 0 Å². The molecule has 0 aromatic heterocycles. The van der Waals surface area contributed by atoms with Crippen molar-refractivity contribution in [3.8, 4) is 0 Å². The standard InChI is InChI=1S/C21H30N4O5/c26-19(24-9-11-29-12-10-24)14-22-20(27)25-8-4-7-18(15-25)13-23-21(28)30-16-17-5-2-1-3-6-17/h1-3,5-6,18H,4,7-16H2,(H,22,27)(H,23,28). The van der Waals surface area contributed by atoms with Gasteiger partial charge in [-0.2, -0.15) is 0 Å². The zero-order valence-electron chi connectivity index (χ0n) is 17.2. The highest BCUT2D eigenvalue weighted by Crippen LogP contribution is 2.16. The third-order valence-corrected chi connectivity index (χ3v) is 5.31. The second-order valence-corrected chi connectivity index (χ2v) is 7.55. The average molecular weight is 418 g/mol. The minimum Gasteiger partial charge on any atom is -0.445 e. The highest BCUT2D eigenvalue weighted by Gasteiger charge is 2.25. The number of morpholine rings is 1. The molecule has 4 amide bonds. The van der Waals surface area contributed by atoms with Gasteiger partial charge in [0.1, 0.15) is 6.61 Å². The van der Waals surface area contributed by atoms with Crippen LogP contribution in [-0.4, -0.2) is 80.3 Å². The molecule has 2 aliphatic rings. The summed E-state index contributed by atoms with van der Waals surface area (Å²) >= 11 is 0. The maximum absolute atomic E-state index is 12.4. The summed E-state index contributed by atoms with van der Waals surface area (Å²) in [5.74, 6) is 0.0618. The number of urea groups is 1. The number of piperidine rings is 1. The molecule has 1 aromatic rings.